The second-order valence-electron chi connectivity index (χ2n) is 5.81. The fourth-order valence-electron chi connectivity index (χ4n) is 2.79. The summed E-state index contributed by atoms with van der Waals surface area (Å²) in [5, 5.41) is 12.0. The van der Waals surface area contributed by atoms with Crippen molar-refractivity contribution in [3.63, 3.8) is 0 Å². The maximum Gasteiger partial charge on any atom is 0.354 e. The Kier molecular flexibility index (Phi) is 4.83. The summed E-state index contributed by atoms with van der Waals surface area (Å²) in [4.78, 5) is 29.3. The molecular formula is C18H19N3O4. The molecule has 1 fully saturated rings. The monoisotopic (exact) mass is 341 g/mol. The summed E-state index contributed by atoms with van der Waals surface area (Å²) in [6.45, 7) is 1.17. The Labute approximate surface area is 145 Å². The van der Waals surface area contributed by atoms with Gasteiger partial charge in [0.25, 0.3) is 0 Å². The van der Waals surface area contributed by atoms with E-state index in [1.54, 1.807) is 24.1 Å². The van der Waals surface area contributed by atoms with Crippen molar-refractivity contribution in [1.82, 2.24) is 9.88 Å². The van der Waals surface area contributed by atoms with E-state index in [-0.39, 0.29) is 11.6 Å². The molecule has 1 aliphatic heterocycles. The maximum absolute atomic E-state index is 12.6. The van der Waals surface area contributed by atoms with E-state index < -0.39 is 12.0 Å². The third-order valence-corrected chi connectivity index (χ3v) is 4.12. The van der Waals surface area contributed by atoms with Crippen molar-refractivity contribution >= 4 is 17.7 Å². The van der Waals surface area contributed by atoms with Crippen LogP contribution in [0.25, 0.3) is 0 Å². The van der Waals surface area contributed by atoms with E-state index >= 15 is 0 Å². The molecule has 0 bridgehead atoms. The Balaban J connectivity index is 1.63. The van der Waals surface area contributed by atoms with Gasteiger partial charge in [-0.3, -0.25) is 4.79 Å². The van der Waals surface area contributed by atoms with Crippen molar-refractivity contribution in [3.8, 4) is 5.75 Å². The molecule has 0 aliphatic carbocycles. The van der Waals surface area contributed by atoms with Gasteiger partial charge in [-0.2, -0.15) is 0 Å². The SMILES string of the molecule is COc1ccc(CN2CCC(Nc3cccc(C(=O)O)n3)C2=O)cc1. The molecule has 0 saturated carbocycles. The number of carboxylic acids is 1. The number of nitrogens with one attached hydrogen (secondary N) is 1. The Bertz CT molecular complexity index is 776. The number of ether oxygens (including phenoxy) is 1. The van der Waals surface area contributed by atoms with Crippen LogP contribution in [0.3, 0.4) is 0 Å². The standard InChI is InChI=1S/C18H19N3O4/c1-25-13-7-5-12(6-8-13)11-21-10-9-14(17(21)22)19-16-4-2-3-15(20-16)18(23)24/h2-8,14H,9-11H2,1H3,(H,19,20)(H,23,24). The van der Waals surface area contributed by atoms with Crippen LogP contribution in [0.1, 0.15) is 22.5 Å². The lowest BCUT2D eigenvalue weighted by molar-refractivity contribution is -0.128. The van der Waals surface area contributed by atoms with Crippen LogP contribution in [0.5, 0.6) is 5.75 Å². The molecule has 25 heavy (non-hydrogen) atoms. The number of aromatic nitrogens is 1. The van der Waals surface area contributed by atoms with Crippen molar-refractivity contribution in [1.29, 1.82) is 0 Å². The first-order valence-electron chi connectivity index (χ1n) is 7.95. The predicted molar refractivity (Wildman–Crippen MR) is 91.6 cm³/mol. The molecule has 130 valence electrons. The molecule has 2 heterocycles. The molecular weight excluding hydrogens is 322 g/mol. The van der Waals surface area contributed by atoms with E-state index in [2.05, 4.69) is 10.3 Å². The minimum Gasteiger partial charge on any atom is -0.497 e. The molecule has 0 radical (unpaired) electrons. The number of hydrogen-bond donors (Lipinski definition) is 2. The van der Waals surface area contributed by atoms with Crippen molar-refractivity contribution in [2.75, 3.05) is 19.0 Å². The number of nitrogens with zero attached hydrogens (tertiary/aromatic N) is 2. The normalized spacial score (nSPS) is 16.8. The fourth-order valence-corrected chi connectivity index (χ4v) is 2.79. The molecule has 1 aromatic heterocycles. The highest BCUT2D eigenvalue weighted by molar-refractivity contribution is 5.87. The van der Waals surface area contributed by atoms with Gasteiger partial charge in [0.1, 0.15) is 17.6 Å². The van der Waals surface area contributed by atoms with Gasteiger partial charge in [0.2, 0.25) is 5.91 Å². The first-order chi connectivity index (χ1) is 12.1. The number of carboxylic acid groups (broad SMARTS) is 1. The largest absolute Gasteiger partial charge is 0.497 e. The number of carbonyl (C=O) groups is 2. The predicted octanol–water partition coefficient (Wildman–Crippen LogP) is 2.00. The summed E-state index contributed by atoms with van der Waals surface area (Å²) in [5.74, 6) is 0.0610. The van der Waals surface area contributed by atoms with Crippen molar-refractivity contribution in [2.45, 2.75) is 19.0 Å². The summed E-state index contributed by atoms with van der Waals surface area (Å²) in [6, 6.07) is 11.9. The number of likely N-dealkylation sites (tertiary alicyclic amines) is 1. The Morgan fingerprint density at radius 3 is 2.76 bits per heavy atom. The summed E-state index contributed by atoms with van der Waals surface area (Å²) in [7, 11) is 1.61. The smallest absolute Gasteiger partial charge is 0.354 e. The second-order valence-corrected chi connectivity index (χ2v) is 5.81. The average Bonchev–Trinajstić information content (AvgIpc) is 2.96. The minimum atomic E-state index is -1.09. The summed E-state index contributed by atoms with van der Waals surface area (Å²) in [5.41, 5.74) is 0.978. The number of hydrogen-bond acceptors (Lipinski definition) is 5. The molecule has 1 saturated heterocycles. The molecule has 3 rings (SSSR count). The number of rotatable bonds is 6. The maximum atomic E-state index is 12.6. The summed E-state index contributed by atoms with van der Waals surface area (Å²) in [6.07, 6.45) is 0.647. The second kappa shape index (κ2) is 7.21. The lowest BCUT2D eigenvalue weighted by Crippen LogP contribution is -2.33. The van der Waals surface area contributed by atoms with Gasteiger partial charge >= 0.3 is 5.97 Å². The highest BCUT2D eigenvalue weighted by Gasteiger charge is 2.31. The quantitative estimate of drug-likeness (QED) is 0.835. The highest BCUT2D eigenvalue weighted by Crippen LogP contribution is 2.20. The van der Waals surface area contributed by atoms with Crippen LogP contribution in [-0.2, 0) is 11.3 Å². The van der Waals surface area contributed by atoms with Gasteiger partial charge in [0.05, 0.1) is 7.11 Å². The Hall–Kier alpha value is -3.09. The van der Waals surface area contributed by atoms with Gasteiger partial charge in [-0.15, -0.1) is 0 Å². The topological polar surface area (TPSA) is 91.8 Å². The molecule has 1 atom stereocenters. The van der Waals surface area contributed by atoms with Crippen molar-refractivity contribution in [3.05, 3.63) is 53.7 Å². The third kappa shape index (κ3) is 3.88. The average molecular weight is 341 g/mol. The molecule has 7 nitrogen and oxygen atoms in total. The van der Waals surface area contributed by atoms with Crippen LogP contribution in [0, 0.1) is 0 Å². The van der Waals surface area contributed by atoms with Crippen LogP contribution in [0.15, 0.2) is 42.5 Å². The lowest BCUT2D eigenvalue weighted by atomic mass is 10.2. The highest BCUT2D eigenvalue weighted by atomic mass is 16.5. The van der Waals surface area contributed by atoms with Gasteiger partial charge in [0, 0.05) is 13.1 Å². The first-order valence-corrected chi connectivity index (χ1v) is 7.95. The van der Waals surface area contributed by atoms with Gasteiger partial charge in [-0.1, -0.05) is 18.2 Å². The van der Waals surface area contributed by atoms with Crippen LogP contribution in [0.4, 0.5) is 5.82 Å². The van der Waals surface area contributed by atoms with E-state index in [1.165, 1.54) is 6.07 Å². The van der Waals surface area contributed by atoms with Crippen LogP contribution >= 0.6 is 0 Å². The number of aromatic carboxylic acids is 1. The zero-order valence-corrected chi connectivity index (χ0v) is 13.8. The molecule has 2 aromatic rings. The van der Waals surface area contributed by atoms with Crippen LogP contribution in [0.2, 0.25) is 0 Å². The van der Waals surface area contributed by atoms with Gasteiger partial charge in [-0.05, 0) is 36.2 Å². The van der Waals surface area contributed by atoms with Crippen molar-refractivity contribution < 1.29 is 19.4 Å². The number of carbonyl (C=O) groups excluding carboxylic acids is 1. The Morgan fingerprint density at radius 2 is 2.08 bits per heavy atom. The van der Waals surface area contributed by atoms with Crippen LogP contribution in [-0.4, -0.2) is 46.6 Å². The Morgan fingerprint density at radius 1 is 1.32 bits per heavy atom. The first kappa shape index (κ1) is 16.8. The molecule has 1 aromatic carbocycles. The van der Waals surface area contributed by atoms with Crippen LogP contribution < -0.4 is 10.1 Å². The van der Waals surface area contributed by atoms with Gasteiger partial charge in [0.15, 0.2) is 5.69 Å². The number of methoxy groups -OCH3 is 1. The zero-order chi connectivity index (χ0) is 17.8. The van der Waals surface area contributed by atoms with Gasteiger partial charge < -0.3 is 20.1 Å². The molecule has 7 heteroatoms. The van der Waals surface area contributed by atoms with E-state index in [0.29, 0.717) is 25.3 Å². The van der Waals surface area contributed by atoms with Gasteiger partial charge in [-0.25, -0.2) is 9.78 Å². The van der Waals surface area contributed by atoms with E-state index in [9.17, 15) is 9.59 Å². The molecule has 1 unspecified atom stereocenters. The summed E-state index contributed by atoms with van der Waals surface area (Å²) >= 11 is 0. The zero-order valence-electron chi connectivity index (χ0n) is 13.8. The molecule has 1 aliphatic rings. The van der Waals surface area contributed by atoms with Crippen molar-refractivity contribution in [2.24, 2.45) is 0 Å². The third-order valence-electron chi connectivity index (χ3n) is 4.12. The van der Waals surface area contributed by atoms with E-state index in [1.807, 2.05) is 24.3 Å². The number of benzene rings is 1. The number of anilines is 1. The molecule has 0 spiro atoms. The van der Waals surface area contributed by atoms with E-state index in [4.69, 9.17) is 9.84 Å². The molecule has 2 N–H and O–H groups in total. The van der Waals surface area contributed by atoms with E-state index in [0.717, 1.165) is 11.3 Å². The number of pyridine rings is 1. The lowest BCUT2D eigenvalue weighted by Gasteiger charge is -2.17. The number of amides is 1. The fraction of sp³-hybridized carbons (Fsp3) is 0.278. The minimum absolute atomic E-state index is 0.0154. The summed E-state index contributed by atoms with van der Waals surface area (Å²) < 4.78 is 5.13. The molecule has 1 amide bonds.